The minimum atomic E-state index is -0.749. The highest BCUT2D eigenvalue weighted by atomic mass is 16.5. The van der Waals surface area contributed by atoms with E-state index in [-0.39, 0.29) is 11.4 Å². The standard InChI is InChI=1S/C14H13N7O2/c1-23-12-7(3-2-4-8(12)14-17-6-19-21-14)9-5-18-20-11(10(9)15)13(16)22/h2-6H,1H3,(H2,15,18)(H2,16,22)(H,17,19,21). The number of ether oxygens (including phenoxy) is 1. The van der Waals surface area contributed by atoms with Crippen molar-refractivity contribution in [3.8, 4) is 28.3 Å². The summed E-state index contributed by atoms with van der Waals surface area (Å²) >= 11 is 0. The Morgan fingerprint density at radius 1 is 1.26 bits per heavy atom. The van der Waals surface area contributed by atoms with E-state index in [9.17, 15) is 4.79 Å². The van der Waals surface area contributed by atoms with Crippen LogP contribution in [-0.2, 0) is 0 Å². The summed E-state index contributed by atoms with van der Waals surface area (Å²) in [5.41, 5.74) is 13.1. The van der Waals surface area contributed by atoms with Crippen LogP contribution in [0.4, 0.5) is 5.69 Å². The molecule has 2 heterocycles. The van der Waals surface area contributed by atoms with Crippen molar-refractivity contribution in [3.05, 3.63) is 36.4 Å². The van der Waals surface area contributed by atoms with Crippen LogP contribution in [0.5, 0.6) is 5.75 Å². The number of primary amides is 1. The molecule has 0 bridgehead atoms. The van der Waals surface area contributed by atoms with Crippen LogP contribution in [-0.4, -0.2) is 38.4 Å². The van der Waals surface area contributed by atoms with Gasteiger partial charge in [0.15, 0.2) is 11.5 Å². The van der Waals surface area contributed by atoms with Gasteiger partial charge in [-0.05, 0) is 6.07 Å². The normalized spacial score (nSPS) is 10.5. The molecule has 3 aromatic rings. The van der Waals surface area contributed by atoms with Crippen LogP contribution in [0.15, 0.2) is 30.7 Å². The average Bonchev–Trinajstić information content (AvgIpc) is 3.08. The number of hydrogen-bond donors (Lipinski definition) is 3. The van der Waals surface area contributed by atoms with Gasteiger partial charge in [0.1, 0.15) is 12.1 Å². The molecule has 5 N–H and O–H groups in total. The smallest absolute Gasteiger partial charge is 0.271 e. The molecule has 0 aliphatic heterocycles. The maximum absolute atomic E-state index is 11.4. The molecule has 0 fully saturated rings. The molecule has 1 amide bonds. The number of hydrogen-bond acceptors (Lipinski definition) is 7. The Balaban J connectivity index is 2.24. The van der Waals surface area contributed by atoms with Crippen LogP contribution in [0.2, 0.25) is 0 Å². The number of rotatable bonds is 4. The number of carbonyl (C=O) groups is 1. The summed E-state index contributed by atoms with van der Waals surface area (Å²) in [4.78, 5) is 15.5. The topological polar surface area (TPSA) is 146 Å². The molecule has 0 spiro atoms. The van der Waals surface area contributed by atoms with E-state index in [1.54, 1.807) is 12.1 Å². The predicted molar refractivity (Wildman–Crippen MR) is 82.3 cm³/mol. The largest absolute Gasteiger partial charge is 0.495 e. The van der Waals surface area contributed by atoms with Crippen LogP contribution in [0.25, 0.3) is 22.5 Å². The van der Waals surface area contributed by atoms with E-state index < -0.39 is 5.91 Å². The number of benzene rings is 1. The molecule has 0 unspecified atom stereocenters. The molecular weight excluding hydrogens is 298 g/mol. The van der Waals surface area contributed by atoms with Crippen molar-refractivity contribution in [2.24, 2.45) is 5.73 Å². The number of methoxy groups -OCH3 is 1. The van der Waals surface area contributed by atoms with E-state index in [1.807, 2.05) is 6.07 Å². The molecular formula is C14H13N7O2. The number of nitrogen functional groups attached to an aromatic ring is 1. The first kappa shape index (κ1) is 14.4. The van der Waals surface area contributed by atoms with Crippen LogP contribution >= 0.6 is 0 Å². The van der Waals surface area contributed by atoms with E-state index in [2.05, 4.69) is 25.4 Å². The van der Waals surface area contributed by atoms with Gasteiger partial charge in [-0.25, -0.2) is 4.98 Å². The van der Waals surface area contributed by atoms with Gasteiger partial charge < -0.3 is 16.2 Å². The van der Waals surface area contributed by atoms with E-state index in [0.29, 0.717) is 28.3 Å². The molecule has 0 atom stereocenters. The number of para-hydroxylation sites is 1. The summed E-state index contributed by atoms with van der Waals surface area (Å²) < 4.78 is 5.50. The van der Waals surface area contributed by atoms with Gasteiger partial charge in [0.2, 0.25) is 0 Å². The molecule has 116 valence electrons. The zero-order valence-electron chi connectivity index (χ0n) is 12.1. The number of nitrogens with two attached hydrogens (primary N) is 2. The first-order valence-corrected chi connectivity index (χ1v) is 6.58. The van der Waals surface area contributed by atoms with Gasteiger partial charge in [-0.2, -0.15) is 10.2 Å². The summed E-state index contributed by atoms with van der Waals surface area (Å²) in [5, 5.41) is 14.2. The van der Waals surface area contributed by atoms with E-state index >= 15 is 0 Å². The van der Waals surface area contributed by atoms with Crippen molar-refractivity contribution >= 4 is 11.6 Å². The third kappa shape index (κ3) is 2.44. The fraction of sp³-hybridized carbons (Fsp3) is 0.0714. The number of nitrogens with one attached hydrogen (secondary N) is 1. The number of anilines is 1. The Kier molecular flexibility index (Phi) is 3.59. The molecule has 0 saturated heterocycles. The molecule has 0 aliphatic carbocycles. The van der Waals surface area contributed by atoms with Crippen molar-refractivity contribution in [1.29, 1.82) is 0 Å². The molecule has 2 aromatic heterocycles. The number of nitrogens with zero attached hydrogens (tertiary/aromatic N) is 4. The lowest BCUT2D eigenvalue weighted by Gasteiger charge is -2.14. The predicted octanol–water partition coefficient (Wildman–Crippen LogP) is 0.618. The SMILES string of the molecule is COc1c(-c2nc[nH]n2)cccc1-c1cnnc(C(N)=O)c1N. The first-order valence-electron chi connectivity index (χ1n) is 6.58. The zero-order chi connectivity index (χ0) is 16.4. The molecule has 3 rings (SSSR count). The zero-order valence-corrected chi connectivity index (χ0v) is 12.1. The highest BCUT2D eigenvalue weighted by Crippen LogP contribution is 2.39. The fourth-order valence-corrected chi connectivity index (χ4v) is 2.28. The van der Waals surface area contributed by atoms with Crippen molar-refractivity contribution < 1.29 is 9.53 Å². The van der Waals surface area contributed by atoms with E-state index in [4.69, 9.17) is 16.2 Å². The second-order valence-electron chi connectivity index (χ2n) is 4.59. The Morgan fingerprint density at radius 3 is 2.70 bits per heavy atom. The lowest BCUT2D eigenvalue weighted by Crippen LogP contribution is -2.17. The highest BCUT2D eigenvalue weighted by Gasteiger charge is 2.19. The van der Waals surface area contributed by atoms with Crippen LogP contribution in [0, 0.1) is 0 Å². The summed E-state index contributed by atoms with van der Waals surface area (Å²) in [6, 6.07) is 5.39. The summed E-state index contributed by atoms with van der Waals surface area (Å²) in [6.45, 7) is 0. The lowest BCUT2D eigenvalue weighted by molar-refractivity contribution is 0.0995. The lowest BCUT2D eigenvalue weighted by atomic mass is 10.0. The minimum absolute atomic E-state index is 0.0900. The van der Waals surface area contributed by atoms with Gasteiger partial charge in [0, 0.05) is 11.1 Å². The third-order valence-electron chi connectivity index (χ3n) is 3.29. The molecule has 9 nitrogen and oxygen atoms in total. The number of aromatic nitrogens is 5. The van der Waals surface area contributed by atoms with Crippen molar-refractivity contribution in [1.82, 2.24) is 25.4 Å². The second-order valence-corrected chi connectivity index (χ2v) is 4.59. The van der Waals surface area contributed by atoms with Crippen molar-refractivity contribution in [2.45, 2.75) is 0 Å². The van der Waals surface area contributed by atoms with Gasteiger partial charge >= 0.3 is 0 Å². The van der Waals surface area contributed by atoms with Crippen molar-refractivity contribution in [2.75, 3.05) is 12.8 Å². The average molecular weight is 311 g/mol. The maximum atomic E-state index is 11.4. The van der Waals surface area contributed by atoms with Crippen LogP contribution in [0.1, 0.15) is 10.5 Å². The van der Waals surface area contributed by atoms with Crippen LogP contribution < -0.4 is 16.2 Å². The second kappa shape index (κ2) is 5.72. The molecule has 0 radical (unpaired) electrons. The Morgan fingerprint density at radius 2 is 2.04 bits per heavy atom. The third-order valence-corrected chi connectivity index (χ3v) is 3.29. The molecule has 9 heteroatoms. The molecule has 0 saturated carbocycles. The van der Waals surface area contributed by atoms with Crippen molar-refractivity contribution in [3.63, 3.8) is 0 Å². The van der Waals surface area contributed by atoms with E-state index in [1.165, 1.54) is 19.6 Å². The Labute approximate surface area is 130 Å². The number of aromatic amines is 1. The highest BCUT2D eigenvalue weighted by molar-refractivity contribution is 6.00. The molecule has 23 heavy (non-hydrogen) atoms. The van der Waals surface area contributed by atoms with Gasteiger partial charge in [-0.15, -0.1) is 5.10 Å². The van der Waals surface area contributed by atoms with E-state index in [0.717, 1.165) is 0 Å². The maximum Gasteiger partial charge on any atom is 0.271 e. The molecule has 1 aromatic carbocycles. The minimum Gasteiger partial charge on any atom is -0.495 e. The van der Waals surface area contributed by atoms with Gasteiger partial charge in [-0.1, -0.05) is 12.1 Å². The number of amides is 1. The number of H-pyrrole nitrogens is 1. The van der Waals surface area contributed by atoms with Gasteiger partial charge in [0.25, 0.3) is 5.91 Å². The fourth-order valence-electron chi connectivity index (χ4n) is 2.28. The summed E-state index contributed by atoms with van der Waals surface area (Å²) in [5.74, 6) is 0.225. The molecule has 0 aliphatic rings. The number of carbonyl (C=O) groups excluding carboxylic acids is 1. The quantitative estimate of drug-likeness (QED) is 0.640. The monoisotopic (exact) mass is 311 g/mol. The van der Waals surface area contributed by atoms with Gasteiger partial charge in [-0.3, -0.25) is 9.89 Å². The van der Waals surface area contributed by atoms with Crippen LogP contribution in [0.3, 0.4) is 0 Å². The first-order chi connectivity index (χ1) is 11.1. The Hall–Kier alpha value is -3.49. The summed E-state index contributed by atoms with van der Waals surface area (Å²) in [6.07, 6.45) is 2.91. The summed E-state index contributed by atoms with van der Waals surface area (Å²) in [7, 11) is 1.52. The Bertz CT molecular complexity index is 862. The van der Waals surface area contributed by atoms with Gasteiger partial charge in [0.05, 0.1) is 24.6 Å².